The molecule has 30 heavy (non-hydrogen) atoms. The van der Waals surface area contributed by atoms with Crippen LogP contribution in [0.2, 0.25) is 14.8 Å². The van der Waals surface area contributed by atoms with Crippen molar-refractivity contribution in [3.8, 4) is 0 Å². The molecule has 0 bridgehead atoms. The molecule has 11 nitrogen and oxygen atoms in total. The predicted octanol–water partition coefficient (Wildman–Crippen LogP) is -0.594. The van der Waals surface area contributed by atoms with Gasteiger partial charge in [-0.2, -0.15) is 0 Å². The molecule has 166 valence electrons. The average Bonchev–Trinajstić information content (AvgIpc) is 2.88. The van der Waals surface area contributed by atoms with Gasteiger partial charge >= 0.3 is 177 Å². The monoisotopic (exact) mass is 534 g/mol. The molecule has 2 unspecified atom stereocenters. The van der Waals surface area contributed by atoms with E-state index in [0.29, 0.717) is 3.58 Å². The number of esters is 3. The molecule has 0 spiro atoms. The zero-order valence-electron chi connectivity index (χ0n) is 17.7. The fourth-order valence-corrected chi connectivity index (χ4v) is 6.75. The van der Waals surface area contributed by atoms with Crippen LogP contribution in [0.25, 0.3) is 0 Å². The van der Waals surface area contributed by atoms with Crippen LogP contribution >= 0.6 is 0 Å². The summed E-state index contributed by atoms with van der Waals surface area (Å²) in [5.74, 6) is -1.95. The van der Waals surface area contributed by atoms with Gasteiger partial charge in [0.25, 0.3) is 0 Å². The average molecular weight is 533 g/mol. The predicted molar refractivity (Wildman–Crippen MR) is 106 cm³/mol. The first kappa shape index (κ1) is 24.1. The van der Waals surface area contributed by atoms with Crippen LogP contribution in [0, 0.1) is 0 Å². The Morgan fingerprint density at radius 3 is 2.10 bits per heavy atom. The molecule has 1 aromatic rings. The number of rotatable bonds is 6. The van der Waals surface area contributed by atoms with Gasteiger partial charge in [-0.3, -0.25) is 0 Å². The van der Waals surface area contributed by atoms with E-state index in [4.69, 9.17) is 18.9 Å². The molecule has 12 heteroatoms. The Kier molecular flexibility index (Phi) is 7.50. The van der Waals surface area contributed by atoms with Gasteiger partial charge in [0.1, 0.15) is 0 Å². The van der Waals surface area contributed by atoms with Gasteiger partial charge in [0, 0.05) is 0 Å². The summed E-state index contributed by atoms with van der Waals surface area (Å²) in [5.41, 5.74) is -1.23. The fraction of sp³-hybridized carbons (Fsp3) is 0.611. The summed E-state index contributed by atoms with van der Waals surface area (Å²) in [4.78, 5) is 67.7. The van der Waals surface area contributed by atoms with Gasteiger partial charge in [0.05, 0.1) is 0 Å². The second-order valence-electron chi connectivity index (χ2n) is 7.98. The van der Waals surface area contributed by atoms with Gasteiger partial charge in [0.2, 0.25) is 0 Å². The number of ether oxygens (including phenoxy) is 4. The van der Waals surface area contributed by atoms with Crippen LogP contribution < -0.4 is 14.8 Å². The molecule has 0 saturated carbocycles. The molecule has 0 amide bonds. The molecule has 0 aliphatic carbocycles. The number of carbonyl (C=O) groups is 3. The molecule has 2 rings (SSSR count). The zero-order chi connectivity index (χ0) is 22.8. The van der Waals surface area contributed by atoms with Crippen molar-refractivity contribution in [1.82, 2.24) is 9.55 Å². The summed E-state index contributed by atoms with van der Waals surface area (Å²) in [5, 5.41) is 0. The van der Waals surface area contributed by atoms with Crippen LogP contribution in [0.5, 0.6) is 0 Å². The van der Waals surface area contributed by atoms with Crippen LogP contribution in [0.1, 0.15) is 27.0 Å². The second kappa shape index (κ2) is 9.33. The van der Waals surface area contributed by atoms with E-state index < -0.39 is 72.1 Å². The third kappa shape index (κ3) is 5.71. The van der Waals surface area contributed by atoms with Gasteiger partial charge in [-0.1, -0.05) is 0 Å². The Hall–Kier alpha value is -2.15. The normalized spacial score (nSPS) is 23.7. The minimum atomic E-state index is -2.94. The van der Waals surface area contributed by atoms with E-state index in [9.17, 15) is 24.0 Å². The van der Waals surface area contributed by atoms with Crippen molar-refractivity contribution in [2.75, 3.05) is 6.61 Å². The van der Waals surface area contributed by atoms with E-state index in [-0.39, 0.29) is 6.61 Å². The molecule has 1 N–H and O–H groups in total. The standard InChI is InChI=1S/C15H17N2O9.3CH3.Sn/c1-7(18)23-6-10-12(24-8(2)19)13(25-9(3)20)14(26-10)17-5-4-11(21)16-15(17)22;;;;/h5,10,12-14H,6H2,1-3H3,(H,16,21,22);3*1H3;/t10-,12?,13?,14-;;;;/m1..../s1. The fourth-order valence-electron chi connectivity index (χ4n) is 3.13. The maximum absolute atomic E-state index is 12.6. The number of H-pyrrole nitrogens is 1. The van der Waals surface area contributed by atoms with Crippen LogP contribution in [-0.4, -0.2) is 70.8 Å². The molecule has 1 aromatic heterocycles. The first-order chi connectivity index (χ1) is 13.8. The number of hydrogen-bond donors (Lipinski definition) is 1. The molecule has 1 aliphatic rings. The van der Waals surface area contributed by atoms with Gasteiger partial charge < -0.3 is 0 Å². The van der Waals surface area contributed by atoms with Crippen molar-refractivity contribution >= 4 is 39.9 Å². The summed E-state index contributed by atoms with van der Waals surface area (Å²) < 4.78 is 23.0. The third-order valence-electron chi connectivity index (χ3n) is 4.39. The van der Waals surface area contributed by atoms with E-state index in [1.807, 2.05) is 14.8 Å². The van der Waals surface area contributed by atoms with Crippen LogP contribution in [0.15, 0.2) is 15.8 Å². The maximum atomic E-state index is 12.6. The SMILES string of the molecule is CC(=O)OC[C@H]1O[C@@H](n2c[c]([Sn]([CH3])([CH3])[CH3])c(=O)[nH]c2=O)C(OC(C)=O)C1OC(C)=O. The number of carbonyl (C=O) groups excluding carboxylic acids is 3. The quantitative estimate of drug-likeness (QED) is 0.288. The summed E-state index contributed by atoms with van der Waals surface area (Å²) in [7, 11) is 0. The summed E-state index contributed by atoms with van der Waals surface area (Å²) in [6.07, 6.45) is -3.10. The number of hydrogen-bond acceptors (Lipinski definition) is 9. The van der Waals surface area contributed by atoms with Gasteiger partial charge in [-0.25, -0.2) is 0 Å². The second-order valence-corrected chi connectivity index (χ2v) is 22.4. The molecule has 0 radical (unpaired) electrons. The van der Waals surface area contributed by atoms with Crippen molar-refractivity contribution in [2.45, 2.75) is 60.1 Å². The van der Waals surface area contributed by atoms with Crippen molar-refractivity contribution in [3.05, 3.63) is 27.0 Å². The number of nitrogens with zero attached hydrogens (tertiary/aromatic N) is 1. The number of aromatic nitrogens is 2. The van der Waals surface area contributed by atoms with Crippen molar-refractivity contribution in [1.29, 1.82) is 0 Å². The Morgan fingerprint density at radius 2 is 1.60 bits per heavy atom. The molecule has 4 atom stereocenters. The number of nitrogens with one attached hydrogen (secondary N) is 1. The number of aromatic amines is 1. The van der Waals surface area contributed by atoms with Crippen molar-refractivity contribution in [3.63, 3.8) is 0 Å². The first-order valence-corrected chi connectivity index (χ1v) is 19.3. The molecule has 1 fully saturated rings. The van der Waals surface area contributed by atoms with Gasteiger partial charge in [0.15, 0.2) is 0 Å². The molecular formula is C18H26N2O9Sn. The van der Waals surface area contributed by atoms with Crippen LogP contribution in [0.3, 0.4) is 0 Å². The molecular weight excluding hydrogens is 507 g/mol. The Bertz CT molecular complexity index is 946. The van der Waals surface area contributed by atoms with Crippen LogP contribution in [0.4, 0.5) is 0 Å². The van der Waals surface area contributed by atoms with E-state index in [1.165, 1.54) is 20.0 Å². The Morgan fingerprint density at radius 1 is 1.03 bits per heavy atom. The van der Waals surface area contributed by atoms with Gasteiger partial charge in [-0.15, -0.1) is 0 Å². The van der Waals surface area contributed by atoms with E-state index in [1.54, 1.807) is 0 Å². The summed E-state index contributed by atoms with van der Waals surface area (Å²) in [6, 6.07) is 0. The van der Waals surface area contributed by atoms with Gasteiger partial charge in [-0.05, 0) is 0 Å². The molecule has 2 heterocycles. The van der Waals surface area contributed by atoms with Crippen molar-refractivity contribution < 1.29 is 33.3 Å². The van der Waals surface area contributed by atoms with Crippen LogP contribution in [-0.2, 0) is 33.3 Å². The summed E-state index contributed by atoms with van der Waals surface area (Å²) >= 11 is -2.94. The van der Waals surface area contributed by atoms with Crippen molar-refractivity contribution in [2.24, 2.45) is 0 Å². The topological polar surface area (TPSA) is 143 Å². The molecule has 1 saturated heterocycles. The minimum absolute atomic E-state index is 0.287. The van der Waals surface area contributed by atoms with E-state index in [0.717, 1.165) is 11.5 Å². The Labute approximate surface area is 176 Å². The summed E-state index contributed by atoms with van der Waals surface area (Å²) in [6.45, 7) is 3.24. The molecule has 0 aromatic carbocycles. The zero-order valence-corrected chi connectivity index (χ0v) is 20.6. The van der Waals surface area contributed by atoms with E-state index >= 15 is 0 Å². The molecule has 1 aliphatic heterocycles. The Balaban J connectivity index is 2.56. The van der Waals surface area contributed by atoms with E-state index in [2.05, 4.69) is 4.98 Å². The first-order valence-electron chi connectivity index (χ1n) is 9.30. The third-order valence-corrected chi connectivity index (χ3v) is 10.0.